The third kappa shape index (κ3) is 14.6. The van der Waals surface area contributed by atoms with Gasteiger partial charge in [-0.05, 0) is 11.7 Å². The van der Waals surface area contributed by atoms with Gasteiger partial charge in [0.15, 0.2) is 0 Å². The first-order valence-corrected chi connectivity index (χ1v) is 10.6. The van der Waals surface area contributed by atoms with Crippen molar-refractivity contribution in [3.8, 4) is 0 Å². The molecule has 0 saturated carbocycles. The number of rotatable bonds is 16. The van der Waals surface area contributed by atoms with Gasteiger partial charge in [0.05, 0.1) is 38.2 Å². The van der Waals surface area contributed by atoms with Gasteiger partial charge in [0.25, 0.3) is 0 Å². The van der Waals surface area contributed by atoms with E-state index < -0.39 is 0 Å². The van der Waals surface area contributed by atoms with Gasteiger partial charge >= 0.3 is 0 Å². The Balaban J connectivity index is 3.61. The fourth-order valence-corrected chi connectivity index (χ4v) is 3.12. The summed E-state index contributed by atoms with van der Waals surface area (Å²) < 4.78 is 10.7. The van der Waals surface area contributed by atoms with E-state index in [4.69, 9.17) is 9.47 Å². The van der Waals surface area contributed by atoms with Crippen LogP contribution in [-0.4, -0.2) is 67.6 Å². The molecule has 0 fully saturated rings. The molecule has 1 atom stereocenters. The van der Waals surface area contributed by atoms with Gasteiger partial charge in [0, 0.05) is 18.9 Å². The topological polar surface area (TPSA) is 93.7 Å². The molecule has 158 valence electrons. The van der Waals surface area contributed by atoms with E-state index in [0.717, 1.165) is 6.42 Å². The van der Waals surface area contributed by atoms with Crippen LogP contribution in [0.25, 0.3) is 0 Å². The number of ether oxygens (including phenoxy) is 2. The van der Waals surface area contributed by atoms with E-state index in [0.29, 0.717) is 44.6 Å². The van der Waals surface area contributed by atoms with Crippen LogP contribution in [-0.2, 0) is 23.9 Å². The van der Waals surface area contributed by atoms with Crippen LogP contribution in [0.1, 0.15) is 47.5 Å². The van der Waals surface area contributed by atoms with Crippen molar-refractivity contribution in [1.82, 2.24) is 10.6 Å². The van der Waals surface area contributed by atoms with Crippen LogP contribution in [0.3, 0.4) is 0 Å². The molecule has 1 unspecified atom stereocenters. The van der Waals surface area contributed by atoms with Crippen LogP contribution in [0, 0.1) is 5.92 Å². The number of hydrogen-bond donors (Lipinski definition) is 2. The minimum atomic E-state index is -0.236. The van der Waals surface area contributed by atoms with E-state index in [-0.39, 0.29) is 35.3 Å². The molecule has 0 aromatic carbocycles. The molecule has 2 amide bonds. The van der Waals surface area contributed by atoms with Crippen LogP contribution in [0.4, 0.5) is 0 Å². The van der Waals surface area contributed by atoms with Crippen molar-refractivity contribution in [3.63, 3.8) is 0 Å². The molecule has 0 bridgehead atoms. The Morgan fingerprint density at radius 2 is 1.56 bits per heavy atom. The van der Waals surface area contributed by atoms with E-state index in [1.54, 1.807) is 11.8 Å². The lowest BCUT2D eigenvalue weighted by Crippen LogP contribution is -2.41. The first-order valence-electron chi connectivity index (χ1n) is 9.65. The van der Waals surface area contributed by atoms with E-state index in [2.05, 4.69) is 10.6 Å². The van der Waals surface area contributed by atoms with Crippen LogP contribution >= 0.6 is 11.8 Å². The van der Waals surface area contributed by atoms with Gasteiger partial charge in [0.1, 0.15) is 5.78 Å². The van der Waals surface area contributed by atoms with Gasteiger partial charge in [-0.15, -0.1) is 11.8 Å². The number of Topliss-reactive ketones (excluding diaryl/α,β-unsaturated/α-hetero) is 1. The first-order chi connectivity index (χ1) is 12.8. The van der Waals surface area contributed by atoms with E-state index in [1.807, 2.05) is 34.6 Å². The number of carbonyl (C=O) groups excluding carboxylic acids is 3. The van der Waals surface area contributed by atoms with Crippen molar-refractivity contribution in [2.75, 3.05) is 39.5 Å². The zero-order chi connectivity index (χ0) is 20.7. The Bertz CT molecular complexity index is 444. The monoisotopic (exact) mass is 404 g/mol. The zero-order valence-electron chi connectivity index (χ0n) is 17.3. The highest BCUT2D eigenvalue weighted by atomic mass is 32.2. The van der Waals surface area contributed by atoms with Crippen LogP contribution in [0.5, 0.6) is 0 Å². The van der Waals surface area contributed by atoms with Crippen molar-refractivity contribution in [1.29, 1.82) is 0 Å². The summed E-state index contributed by atoms with van der Waals surface area (Å²) in [6.45, 7) is 11.7. The normalized spacial score (nSPS) is 12.3. The maximum Gasteiger partial charge on any atom is 0.239 e. The number of ketones is 1. The lowest BCUT2D eigenvalue weighted by atomic mass is 10.1. The maximum atomic E-state index is 12.0. The van der Waals surface area contributed by atoms with Crippen molar-refractivity contribution in [2.24, 2.45) is 5.92 Å². The quantitative estimate of drug-likeness (QED) is 0.381. The van der Waals surface area contributed by atoms with Crippen molar-refractivity contribution in [2.45, 2.75) is 58.0 Å². The smallest absolute Gasteiger partial charge is 0.239 e. The fourth-order valence-electron chi connectivity index (χ4n) is 2.06. The SMILES string of the molecule is CCC(SC(C)C)C(=O)NCC(=O)NCCOCCOCCC(=O)C(C)C. The second kappa shape index (κ2) is 15.9. The highest BCUT2D eigenvalue weighted by molar-refractivity contribution is 8.01. The molecule has 8 heteroatoms. The number of thioether (sulfide) groups is 1. The molecule has 0 spiro atoms. The minimum absolute atomic E-state index is 0.0268. The molecule has 0 rings (SSSR count). The third-order valence-corrected chi connectivity index (χ3v) is 5.02. The van der Waals surface area contributed by atoms with Crippen LogP contribution < -0.4 is 10.6 Å². The van der Waals surface area contributed by atoms with Crippen molar-refractivity contribution in [3.05, 3.63) is 0 Å². The first kappa shape index (κ1) is 25.9. The number of amides is 2. The molecule has 0 aliphatic carbocycles. The maximum absolute atomic E-state index is 12.0. The summed E-state index contributed by atoms with van der Waals surface area (Å²) in [4.78, 5) is 35.2. The van der Waals surface area contributed by atoms with Crippen molar-refractivity contribution < 1.29 is 23.9 Å². The van der Waals surface area contributed by atoms with Crippen LogP contribution in [0.2, 0.25) is 0 Å². The second-order valence-corrected chi connectivity index (χ2v) is 8.53. The zero-order valence-corrected chi connectivity index (χ0v) is 18.2. The number of carbonyl (C=O) groups is 3. The Hall–Kier alpha value is -1.12. The average Bonchev–Trinajstić information content (AvgIpc) is 2.62. The lowest BCUT2D eigenvalue weighted by Gasteiger charge is -2.16. The second-order valence-electron chi connectivity index (χ2n) is 6.75. The third-order valence-electron chi connectivity index (χ3n) is 3.60. The molecule has 0 aliphatic rings. The average molecular weight is 405 g/mol. The molecular weight excluding hydrogens is 368 g/mol. The highest BCUT2D eigenvalue weighted by Gasteiger charge is 2.18. The van der Waals surface area contributed by atoms with E-state index in [9.17, 15) is 14.4 Å². The van der Waals surface area contributed by atoms with Gasteiger partial charge in [0.2, 0.25) is 11.8 Å². The molecular formula is C19H36N2O5S. The Morgan fingerprint density at radius 3 is 2.11 bits per heavy atom. The Morgan fingerprint density at radius 1 is 0.926 bits per heavy atom. The van der Waals surface area contributed by atoms with E-state index in [1.165, 1.54) is 0 Å². The Labute approximate surface area is 167 Å². The summed E-state index contributed by atoms with van der Waals surface area (Å²) in [5.74, 6) is -0.102. The summed E-state index contributed by atoms with van der Waals surface area (Å²) >= 11 is 1.60. The molecule has 0 saturated heterocycles. The molecule has 7 nitrogen and oxygen atoms in total. The molecule has 0 radical (unpaired) electrons. The van der Waals surface area contributed by atoms with Gasteiger partial charge in [-0.3, -0.25) is 14.4 Å². The molecule has 0 aromatic rings. The van der Waals surface area contributed by atoms with Crippen LogP contribution in [0.15, 0.2) is 0 Å². The predicted molar refractivity (Wildman–Crippen MR) is 109 cm³/mol. The minimum Gasteiger partial charge on any atom is -0.379 e. The standard InChI is InChI=1S/C19H36N2O5S/c1-6-17(27-15(4)5)19(24)21-13-18(23)20-8-10-26-12-11-25-9-7-16(22)14(2)3/h14-15,17H,6-13H2,1-5H3,(H,20,23)(H,21,24). The Kier molecular flexibility index (Phi) is 15.2. The highest BCUT2D eigenvalue weighted by Crippen LogP contribution is 2.19. The summed E-state index contributed by atoms with van der Waals surface area (Å²) in [6.07, 6.45) is 1.16. The molecule has 27 heavy (non-hydrogen) atoms. The molecule has 0 heterocycles. The molecule has 0 aliphatic heterocycles. The lowest BCUT2D eigenvalue weighted by molar-refractivity contribution is -0.126. The predicted octanol–water partition coefficient (Wildman–Crippen LogP) is 1.79. The van der Waals surface area contributed by atoms with E-state index >= 15 is 0 Å². The largest absolute Gasteiger partial charge is 0.379 e. The molecule has 2 N–H and O–H groups in total. The number of hydrogen-bond acceptors (Lipinski definition) is 6. The fraction of sp³-hybridized carbons (Fsp3) is 0.842. The number of nitrogens with one attached hydrogen (secondary N) is 2. The van der Waals surface area contributed by atoms with Gasteiger partial charge < -0.3 is 20.1 Å². The summed E-state index contributed by atoms with van der Waals surface area (Å²) in [5, 5.41) is 5.60. The van der Waals surface area contributed by atoms with Gasteiger partial charge in [-0.1, -0.05) is 34.6 Å². The summed E-state index contributed by atoms with van der Waals surface area (Å²) in [7, 11) is 0. The van der Waals surface area contributed by atoms with Gasteiger partial charge in [-0.25, -0.2) is 0 Å². The van der Waals surface area contributed by atoms with Crippen molar-refractivity contribution >= 4 is 29.4 Å². The molecule has 0 aromatic heterocycles. The summed E-state index contributed by atoms with van der Waals surface area (Å²) in [6, 6.07) is 0. The van der Waals surface area contributed by atoms with Gasteiger partial charge in [-0.2, -0.15) is 0 Å². The summed E-state index contributed by atoms with van der Waals surface area (Å²) in [5.41, 5.74) is 0.